The van der Waals surface area contributed by atoms with E-state index in [-0.39, 0.29) is 5.91 Å². The van der Waals surface area contributed by atoms with Gasteiger partial charge in [0.25, 0.3) is 0 Å². The van der Waals surface area contributed by atoms with E-state index in [1.165, 1.54) is 22.2 Å². The fourth-order valence-corrected chi connectivity index (χ4v) is 4.99. The van der Waals surface area contributed by atoms with Crippen molar-refractivity contribution in [1.29, 1.82) is 0 Å². The number of rotatable bonds is 7. The molecular weight excluding hydrogens is 372 g/mol. The lowest BCUT2D eigenvalue weighted by Crippen LogP contribution is -2.27. The summed E-state index contributed by atoms with van der Waals surface area (Å²) in [6.07, 6.45) is 0. The topological polar surface area (TPSA) is 51.0 Å². The lowest BCUT2D eigenvalue weighted by Gasteiger charge is -2.16. The summed E-state index contributed by atoms with van der Waals surface area (Å²) >= 11 is 4.79. The van der Waals surface area contributed by atoms with Gasteiger partial charge >= 0.3 is 0 Å². The number of aryl methyl sites for hydroxylation is 1. The van der Waals surface area contributed by atoms with Crippen LogP contribution in [0.3, 0.4) is 0 Å². The molecule has 0 saturated carbocycles. The third kappa shape index (κ3) is 4.13. The van der Waals surface area contributed by atoms with E-state index in [1.807, 2.05) is 24.6 Å². The van der Waals surface area contributed by atoms with Crippen molar-refractivity contribution in [2.24, 2.45) is 0 Å². The molecule has 5 nitrogen and oxygen atoms in total. The first-order valence-electron chi connectivity index (χ1n) is 7.97. The van der Waals surface area contributed by atoms with Gasteiger partial charge in [-0.25, -0.2) is 0 Å². The quantitative estimate of drug-likeness (QED) is 0.567. The molecule has 0 aromatic carbocycles. The Bertz CT molecular complexity index is 838. The van der Waals surface area contributed by atoms with Crippen LogP contribution in [0, 0.1) is 6.92 Å². The van der Waals surface area contributed by atoms with Gasteiger partial charge in [0, 0.05) is 18.5 Å². The molecule has 3 heterocycles. The van der Waals surface area contributed by atoms with E-state index < -0.39 is 0 Å². The second-order valence-corrected chi connectivity index (χ2v) is 8.48. The third-order valence-corrected chi connectivity index (χ3v) is 6.70. The molecule has 0 spiro atoms. The molecule has 0 bridgehead atoms. The van der Waals surface area contributed by atoms with Gasteiger partial charge in [-0.05, 0) is 42.3 Å². The summed E-state index contributed by atoms with van der Waals surface area (Å²) in [4.78, 5) is 16.5. The molecule has 25 heavy (non-hydrogen) atoms. The maximum absolute atomic E-state index is 12.4. The number of nitrogens with zero attached hydrogens (tertiary/aromatic N) is 4. The zero-order valence-electron chi connectivity index (χ0n) is 14.4. The summed E-state index contributed by atoms with van der Waals surface area (Å²) in [6.45, 7) is 5.58. The van der Waals surface area contributed by atoms with E-state index in [2.05, 4.69) is 40.1 Å². The highest BCUT2D eigenvalue weighted by molar-refractivity contribution is 7.99. The molecule has 132 valence electrons. The average molecular weight is 393 g/mol. The minimum absolute atomic E-state index is 0.0983. The number of carbonyl (C=O) groups excluding carboxylic acids is 1. The molecule has 0 radical (unpaired) electrons. The SMILES string of the molecule is CCn1c(SCC(=O)N(C)Cc2sccc2C)nnc1-c1cccs1. The Morgan fingerprint density at radius 1 is 1.28 bits per heavy atom. The second-order valence-electron chi connectivity index (χ2n) is 5.59. The van der Waals surface area contributed by atoms with E-state index in [0.717, 1.165) is 22.4 Å². The molecule has 0 atom stereocenters. The Morgan fingerprint density at radius 2 is 2.12 bits per heavy atom. The van der Waals surface area contributed by atoms with E-state index in [9.17, 15) is 4.79 Å². The first-order chi connectivity index (χ1) is 12.1. The largest absolute Gasteiger partial charge is 0.340 e. The lowest BCUT2D eigenvalue weighted by molar-refractivity contribution is -0.127. The summed E-state index contributed by atoms with van der Waals surface area (Å²) in [5, 5.41) is 13.5. The van der Waals surface area contributed by atoms with Crippen LogP contribution in [0.1, 0.15) is 17.4 Å². The van der Waals surface area contributed by atoms with Crippen molar-refractivity contribution >= 4 is 40.3 Å². The van der Waals surface area contributed by atoms with Gasteiger partial charge in [-0.15, -0.1) is 32.9 Å². The van der Waals surface area contributed by atoms with Crippen LogP contribution in [0.2, 0.25) is 0 Å². The second kappa shape index (κ2) is 8.16. The van der Waals surface area contributed by atoms with Crippen LogP contribution in [0.25, 0.3) is 10.7 Å². The summed E-state index contributed by atoms with van der Waals surface area (Å²) in [6, 6.07) is 6.13. The summed E-state index contributed by atoms with van der Waals surface area (Å²) in [5.74, 6) is 1.33. The Labute approximate surface area is 159 Å². The zero-order chi connectivity index (χ0) is 17.8. The van der Waals surface area contributed by atoms with Gasteiger partial charge < -0.3 is 9.47 Å². The molecule has 3 aromatic heterocycles. The molecule has 1 amide bonds. The first-order valence-corrected chi connectivity index (χ1v) is 10.7. The number of thiophene rings is 2. The predicted molar refractivity (Wildman–Crippen MR) is 105 cm³/mol. The summed E-state index contributed by atoms with van der Waals surface area (Å²) in [5.41, 5.74) is 1.24. The standard InChI is InChI=1S/C17H20N4OS3/c1-4-21-16(13-6-5-8-23-13)18-19-17(21)25-11-15(22)20(3)10-14-12(2)7-9-24-14/h5-9H,4,10-11H2,1-3H3. The minimum atomic E-state index is 0.0983. The Kier molecular flexibility index (Phi) is 5.93. The number of hydrogen-bond acceptors (Lipinski definition) is 6. The molecule has 0 unspecified atom stereocenters. The molecule has 0 fully saturated rings. The van der Waals surface area contributed by atoms with Crippen LogP contribution in [0.4, 0.5) is 0 Å². The molecule has 0 aliphatic carbocycles. The third-order valence-electron chi connectivity index (χ3n) is 3.87. The monoisotopic (exact) mass is 392 g/mol. The van der Waals surface area contributed by atoms with Crippen molar-refractivity contribution in [3.63, 3.8) is 0 Å². The smallest absolute Gasteiger partial charge is 0.233 e. The van der Waals surface area contributed by atoms with Gasteiger partial charge in [0.2, 0.25) is 5.91 Å². The molecule has 0 saturated heterocycles. The summed E-state index contributed by atoms with van der Waals surface area (Å²) in [7, 11) is 1.85. The Balaban J connectivity index is 1.63. The van der Waals surface area contributed by atoms with Gasteiger partial charge in [-0.1, -0.05) is 17.8 Å². The maximum atomic E-state index is 12.4. The zero-order valence-corrected chi connectivity index (χ0v) is 16.9. The molecule has 0 N–H and O–H groups in total. The van der Waals surface area contributed by atoms with Crippen molar-refractivity contribution in [1.82, 2.24) is 19.7 Å². The molecule has 3 aromatic rings. The highest BCUT2D eigenvalue weighted by Crippen LogP contribution is 2.27. The van der Waals surface area contributed by atoms with Gasteiger partial charge in [-0.3, -0.25) is 4.79 Å². The molecule has 0 aliphatic rings. The minimum Gasteiger partial charge on any atom is -0.340 e. The van der Waals surface area contributed by atoms with Gasteiger partial charge in [0.05, 0.1) is 17.2 Å². The van der Waals surface area contributed by atoms with E-state index in [0.29, 0.717) is 12.3 Å². The van der Waals surface area contributed by atoms with E-state index in [1.54, 1.807) is 27.6 Å². The Morgan fingerprint density at radius 3 is 2.76 bits per heavy atom. The summed E-state index contributed by atoms with van der Waals surface area (Å²) < 4.78 is 2.06. The molecule has 3 rings (SSSR count). The van der Waals surface area contributed by atoms with Crippen LogP contribution >= 0.6 is 34.4 Å². The molecular formula is C17H20N4OS3. The van der Waals surface area contributed by atoms with Crippen molar-refractivity contribution in [2.45, 2.75) is 32.1 Å². The number of aromatic nitrogens is 3. The predicted octanol–water partition coefficient (Wildman–Crippen LogP) is 4.15. The van der Waals surface area contributed by atoms with Crippen LogP contribution in [-0.2, 0) is 17.9 Å². The fraction of sp³-hybridized carbons (Fsp3) is 0.353. The van der Waals surface area contributed by atoms with Crippen molar-refractivity contribution in [2.75, 3.05) is 12.8 Å². The molecule has 0 aliphatic heterocycles. The van der Waals surface area contributed by atoms with Crippen LogP contribution in [0.15, 0.2) is 34.1 Å². The van der Waals surface area contributed by atoms with E-state index in [4.69, 9.17) is 0 Å². The normalized spacial score (nSPS) is 11.0. The first kappa shape index (κ1) is 18.2. The van der Waals surface area contributed by atoms with Gasteiger partial charge in [0.15, 0.2) is 11.0 Å². The van der Waals surface area contributed by atoms with Crippen LogP contribution in [-0.4, -0.2) is 38.4 Å². The molecule has 8 heteroatoms. The van der Waals surface area contributed by atoms with Gasteiger partial charge in [0.1, 0.15) is 0 Å². The van der Waals surface area contributed by atoms with Gasteiger partial charge in [-0.2, -0.15) is 0 Å². The Hall–Kier alpha value is -1.64. The fourth-order valence-electron chi connectivity index (χ4n) is 2.37. The maximum Gasteiger partial charge on any atom is 0.233 e. The number of amides is 1. The number of carbonyl (C=O) groups is 1. The van der Waals surface area contributed by atoms with Crippen LogP contribution < -0.4 is 0 Å². The van der Waals surface area contributed by atoms with Crippen molar-refractivity contribution in [3.05, 3.63) is 39.4 Å². The lowest BCUT2D eigenvalue weighted by atomic mass is 10.3. The average Bonchev–Trinajstić information content (AvgIpc) is 3.33. The number of hydrogen-bond donors (Lipinski definition) is 0. The van der Waals surface area contributed by atoms with Crippen molar-refractivity contribution in [3.8, 4) is 10.7 Å². The van der Waals surface area contributed by atoms with Crippen LogP contribution in [0.5, 0.6) is 0 Å². The number of thioether (sulfide) groups is 1. The van der Waals surface area contributed by atoms with Crippen molar-refractivity contribution < 1.29 is 4.79 Å². The van der Waals surface area contributed by atoms with E-state index >= 15 is 0 Å². The highest BCUT2D eigenvalue weighted by atomic mass is 32.2. The highest BCUT2D eigenvalue weighted by Gasteiger charge is 2.17.